The van der Waals surface area contributed by atoms with E-state index in [1.807, 2.05) is 6.92 Å². The third-order valence-corrected chi connectivity index (χ3v) is 6.07. The van der Waals surface area contributed by atoms with E-state index in [2.05, 4.69) is 6.92 Å². The Morgan fingerprint density at radius 3 is 2.82 bits per heavy atom. The first-order valence-electron chi connectivity index (χ1n) is 8.84. The van der Waals surface area contributed by atoms with Gasteiger partial charge in [-0.25, -0.2) is 0 Å². The molecule has 0 N–H and O–H groups in total. The van der Waals surface area contributed by atoms with E-state index in [4.69, 9.17) is 26.4 Å². The average molecular weight is 347 g/mol. The van der Waals surface area contributed by atoms with Crippen molar-refractivity contribution in [1.82, 2.24) is 0 Å². The fraction of sp³-hybridized carbons (Fsp3) is 0.941. The Bertz CT molecular complexity index is 343. The molecule has 2 aliphatic rings. The Morgan fingerprint density at radius 2 is 2.14 bits per heavy atom. The van der Waals surface area contributed by atoms with Crippen LogP contribution < -0.4 is 0 Å². The molecule has 0 aromatic carbocycles. The van der Waals surface area contributed by atoms with Crippen molar-refractivity contribution in [3.8, 4) is 0 Å². The van der Waals surface area contributed by atoms with E-state index in [1.165, 1.54) is 25.7 Å². The average Bonchev–Trinajstić information content (AvgIpc) is 2.51. The molecule has 0 aromatic rings. The second kappa shape index (κ2) is 9.45. The van der Waals surface area contributed by atoms with Gasteiger partial charge in [0.05, 0.1) is 19.3 Å². The highest BCUT2D eigenvalue weighted by Crippen LogP contribution is 2.42. The smallest absolute Gasteiger partial charge is 0.220 e. The number of hydrogen-bond acceptors (Lipinski definition) is 5. The Labute approximate surface area is 144 Å². The van der Waals surface area contributed by atoms with Gasteiger partial charge < -0.3 is 14.2 Å². The van der Waals surface area contributed by atoms with E-state index in [9.17, 15) is 0 Å². The van der Waals surface area contributed by atoms with Crippen LogP contribution in [0.2, 0.25) is 0 Å². The maximum Gasteiger partial charge on any atom is 0.220 e. The molecule has 0 radical (unpaired) electrons. The standard InChI is InChI=1S/C17H30O3S2/c1-3-5-6-9-14-15(22-16(21)18-4-2)10-12-17(20-14)11-7-8-13-19-17/h14-15H,3-13H2,1-2H3. The summed E-state index contributed by atoms with van der Waals surface area (Å²) in [5, 5.41) is 0.409. The zero-order valence-electron chi connectivity index (χ0n) is 14.0. The van der Waals surface area contributed by atoms with Gasteiger partial charge in [-0.3, -0.25) is 0 Å². The second-order valence-corrected chi connectivity index (χ2v) is 8.09. The lowest BCUT2D eigenvalue weighted by Gasteiger charge is -2.46. The van der Waals surface area contributed by atoms with Crippen LogP contribution in [0.15, 0.2) is 0 Å². The van der Waals surface area contributed by atoms with Gasteiger partial charge in [-0.2, -0.15) is 0 Å². The molecule has 2 fully saturated rings. The van der Waals surface area contributed by atoms with Gasteiger partial charge in [-0.05, 0) is 44.8 Å². The van der Waals surface area contributed by atoms with Gasteiger partial charge in [0.2, 0.25) is 4.38 Å². The van der Waals surface area contributed by atoms with Gasteiger partial charge >= 0.3 is 0 Å². The van der Waals surface area contributed by atoms with E-state index in [-0.39, 0.29) is 11.9 Å². The molecule has 22 heavy (non-hydrogen) atoms. The van der Waals surface area contributed by atoms with Gasteiger partial charge in [-0.15, -0.1) is 0 Å². The highest BCUT2D eigenvalue weighted by atomic mass is 32.2. The molecule has 0 saturated carbocycles. The molecule has 3 nitrogen and oxygen atoms in total. The van der Waals surface area contributed by atoms with Crippen LogP contribution in [-0.2, 0) is 14.2 Å². The van der Waals surface area contributed by atoms with Crippen molar-refractivity contribution in [2.75, 3.05) is 13.2 Å². The lowest BCUT2D eigenvalue weighted by molar-refractivity contribution is -0.294. The van der Waals surface area contributed by atoms with Crippen LogP contribution in [0.25, 0.3) is 0 Å². The van der Waals surface area contributed by atoms with Crippen LogP contribution >= 0.6 is 24.0 Å². The maximum atomic E-state index is 6.49. The normalized spacial score (nSPS) is 32.1. The molecule has 0 bridgehead atoms. The topological polar surface area (TPSA) is 27.7 Å². The number of unbranched alkanes of at least 4 members (excludes halogenated alkanes) is 2. The maximum absolute atomic E-state index is 6.49. The van der Waals surface area contributed by atoms with E-state index in [0.717, 1.165) is 38.7 Å². The molecule has 3 atom stereocenters. The monoisotopic (exact) mass is 346 g/mol. The lowest BCUT2D eigenvalue weighted by atomic mass is 9.92. The van der Waals surface area contributed by atoms with E-state index < -0.39 is 0 Å². The largest absolute Gasteiger partial charge is 0.479 e. The predicted molar refractivity (Wildman–Crippen MR) is 96.4 cm³/mol. The summed E-state index contributed by atoms with van der Waals surface area (Å²) in [4.78, 5) is 0. The Hall–Kier alpha value is 0.160. The fourth-order valence-corrected chi connectivity index (χ4v) is 4.83. The van der Waals surface area contributed by atoms with E-state index >= 15 is 0 Å². The molecule has 2 rings (SSSR count). The molecule has 1 spiro atoms. The quantitative estimate of drug-likeness (QED) is 0.495. The Balaban J connectivity index is 1.94. The predicted octanol–water partition coefficient (Wildman–Crippen LogP) is 5.07. The van der Waals surface area contributed by atoms with Crippen LogP contribution in [0.4, 0.5) is 0 Å². The van der Waals surface area contributed by atoms with Crippen molar-refractivity contribution in [2.24, 2.45) is 0 Å². The summed E-state index contributed by atoms with van der Waals surface area (Å²) in [5.74, 6) is -0.306. The summed E-state index contributed by atoms with van der Waals surface area (Å²) in [5.41, 5.74) is 0. The van der Waals surface area contributed by atoms with Crippen molar-refractivity contribution in [2.45, 2.75) is 88.8 Å². The van der Waals surface area contributed by atoms with Gasteiger partial charge in [0.1, 0.15) is 0 Å². The number of thioether (sulfide) groups is 1. The van der Waals surface area contributed by atoms with Gasteiger partial charge in [0.25, 0.3) is 0 Å². The zero-order chi connectivity index (χ0) is 15.8. The van der Waals surface area contributed by atoms with Crippen molar-refractivity contribution < 1.29 is 14.2 Å². The van der Waals surface area contributed by atoms with Crippen LogP contribution in [0.5, 0.6) is 0 Å². The first-order chi connectivity index (χ1) is 10.7. The van der Waals surface area contributed by atoms with Crippen molar-refractivity contribution >= 4 is 28.4 Å². The highest BCUT2D eigenvalue weighted by molar-refractivity contribution is 8.23. The molecule has 2 heterocycles. The minimum Gasteiger partial charge on any atom is -0.479 e. The van der Waals surface area contributed by atoms with E-state index in [0.29, 0.717) is 16.2 Å². The van der Waals surface area contributed by atoms with Crippen LogP contribution in [-0.4, -0.2) is 34.7 Å². The number of rotatable bonds is 6. The van der Waals surface area contributed by atoms with Gasteiger partial charge in [-0.1, -0.05) is 37.9 Å². The molecule has 128 valence electrons. The summed E-state index contributed by atoms with van der Waals surface area (Å²) < 4.78 is 18.7. The summed E-state index contributed by atoms with van der Waals surface area (Å²) >= 11 is 7.01. The zero-order valence-corrected chi connectivity index (χ0v) is 15.6. The Morgan fingerprint density at radius 1 is 1.27 bits per heavy atom. The summed E-state index contributed by atoms with van der Waals surface area (Å²) in [6.45, 7) is 5.71. The molecule has 3 unspecified atom stereocenters. The first kappa shape index (κ1) is 18.5. The number of thiocarbonyl (C=S) groups is 1. The summed E-state index contributed by atoms with van der Waals surface area (Å²) in [7, 11) is 0. The molecule has 0 aliphatic carbocycles. The van der Waals surface area contributed by atoms with Gasteiger partial charge in [0, 0.05) is 18.1 Å². The third kappa shape index (κ3) is 5.36. The van der Waals surface area contributed by atoms with E-state index in [1.54, 1.807) is 11.8 Å². The van der Waals surface area contributed by atoms with Gasteiger partial charge in [0.15, 0.2) is 5.79 Å². The molecule has 0 aromatic heterocycles. The molecule has 0 amide bonds. The lowest BCUT2D eigenvalue weighted by Crippen LogP contribution is -2.49. The molecule has 2 saturated heterocycles. The molecular weight excluding hydrogens is 316 g/mol. The fourth-order valence-electron chi connectivity index (χ4n) is 3.33. The second-order valence-electron chi connectivity index (χ2n) is 6.25. The first-order valence-corrected chi connectivity index (χ1v) is 10.1. The number of hydrogen-bond donors (Lipinski definition) is 0. The SMILES string of the molecule is CCCCCC1OC2(CCCCO2)CCC1SC(=S)OCC. The molecule has 2 aliphatic heterocycles. The van der Waals surface area contributed by atoms with Crippen molar-refractivity contribution in [1.29, 1.82) is 0 Å². The number of ether oxygens (including phenoxy) is 3. The minimum absolute atomic E-state index is 0.238. The van der Waals surface area contributed by atoms with Crippen molar-refractivity contribution in [3.63, 3.8) is 0 Å². The third-order valence-electron chi connectivity index (χ3n) is 4.51. The van der Waals surface area contributed by atoms with Crippen molar-refractivity contribution in [3.05, 3.63) is 0 Å². The molecular formula is C17H30O3S2. The van der Waals surface area contributed by atoms with Crippen LogP contribution in [0.1, 0.15) is 71.6 Å². The minimum atomic E-state index is -0.306. The summed E-state index contributed by atoms with van der Waals surface area (Å²) in [6, 6.07) is 0. The van der Waals surface area contributed by atoms with Crippen LogP contribution in [0.3, 0.4) is 0 Å². The van der Waals surface area contributed by atoms with Crippen LogP contribution in [0, 0.1) is 0 Å². The molecule has 5 heteroatoms. The highest BCUT2D eigenvalue weighted by Gasteiger charge is 2.44. The summed E-state index contributed by atoms with van der Waals surface area (Å²) in [6.07, 6.45) is 10.6. The Kier molecular flexibility index (Phi) is 7.95.